The number of halogens is 1. The Morgan fingerprint density at radius 2 is 2.28 bits per heavy atom. The number of carbonyl (C=O) groups is 1. The molecule has 98 valence electrons. The third kappa shape index (κ3) is 2.47. The Morgan fingerprint density at radius 3 is 2.94 bits per heavy atom. The number of hydrogen-bond donors (Lipinski definition) is 0. The van der Waals surface area contributed by atoms with Gasteiger partial charge >= 0.3 is 5.97 Å². The van der Waals surface area contributed by atoms with Crippen molar-refractivity contribution in [1.29, 1.82) is 0 Å². The van der Waals surface area contributed by atoms with Crippen molar-refractivity contribution in [1.82, 2.24) is 0 Å². The molecule has 0 heterocycles. The van der Waals surface area contributed by atoms with Crippen molar-refractivity contribution < 1.29 is 18.7 Å². The smallest absolute Gasteiger partial charge is 0.306 e. The summed E-state index contributed by atoms with van der Waals surface area (Å²) in [4.78, 5) is 11.5. The second kappa shape index (κ2) is 5.38. The van der Waals surface area contributed by atoms with Crippen molar-refractivity contribution >= 4 is 5.97 Å². The van der Waals surface area contributed by atoms with Crippen LogP contribution < -0.4 is 4.74 Å². The Hall–Kier alpha value is -1.58. The summed E-state index contributed by atoms with van der Waals surface area (Å²) in [5.41, 5.74) is 1.99. The molecular formula is C14H17FO3. The molecule has 1 aliphatic rings. The highest BCUT2D eigenvalue weighted by atomic mass is 19.1. The highest BCUT2D eigenvalue weighted by Crippen LogP contribution is 2.38. The minimum absolute atomic E-state index is 0.0689. The molecular weight excluding hydrogens is 235 g/mol. The Kier molecular flexibility index (Phi) is 3.84. The van der Waals surface area contributed by atoms with Crippen LogP contribution in [0, 0.1) is 5.82 Å². The van der Waals surface area contributed by atoms with Crippen molar-refractivity contribution in [2.45, 2.75) is 32.1 Å². The maximum atomic E-state index is 13.7. The van der Waals surface area contributed by atoms with Crippen molar-refractivity contribution in [3.63, 3.8) is 0 Å². The lowest BCUT2D eigenvalue weighted by atomic mass is 9.97. The molecule has 0 aliphatic heterocycles. The van der Waals surface area contributed by atoms with Crippen LogP contribution in [0.1, 0.15) is 36.8 Å². The molecule has 18 heavy (non-hydrogen) atoms. The van der Waals surface area contributed by atoms with Crippen LogP contribution in [0.5, 0.6) is 5.75 Å². The zero-order chi connectivity index (χ0) is 13.1. The first-order chi connectivity index (χ1) is 8.65. The van der Waals surface area contributed by atoms with E-state index in [9.17, 15) is 9.18 Å². The molecule has 2 rings (SSSR count). The number of methoxy groups -OCH3 is 1. The summed E-state index contributed by atoms with van der Waals surface area (Å²) in [5, 5.41) is 0. The zero-order valence-electron chi connectivity index (χ0n) is 10.7. The first-order valence-corrected chi connectivity index (χ1v) is 6.17. The maximum absolute atomic E-state index is 13.7. The Balaban J connectivity index is 2.18. The van der Waals surface area contributed by atoms with Crippen LogP contribution in [0.15, 0.2) is 12.1 Å². The van der Waals surface area contributed by atoms with Crippen molar-refractivity contribution in [3.05, 3.63) is 29.1 Å². The molecule has 1 aliphatic carbocycles. The van der Waals surface area contributed by atoms with Crippen LogP contribution in [-0.4, -0.2) is 19.7 Å². The molecule has 4 heteroatoms. The second-order valence-electron chi connectivity index (χ2n) is 4.43. The molecule has 1 aromatic carbocycles. The quantitative estimate of drug-likeness (QED) is 0.773. The standard InChI is InChI=1S/C14H17FO3/c1-3-18-14(16)7-10-5-4-9-6-13(17-2)12(15)8-11(9)10/h6,8,10H,3-5,7H2,1-2H3/t10-/m0/s1. The fraction of sp³-hybridized carbons (Fsp3) is 0.500. The molecule has 0 radical (unpaired) electrons. The lowest BCUT2D eigenvalue weighted by molar-refractivity contribution is -0.143. The highest BCUT2D eigenvalue weighted by molar-refractivity contribution is 5.71. The average molecular weight is 252 g/mol. The molecule has 1 atom stereocenters. The SMILES string of the molecule is CCOC(=O)C[C@@H]1CCc2cc(OC)c(F)cc21. The normalized spacial score (nSPS) is 17.4. The molecule has 0 fully saturated rings. The van der Waals surface area contributed by atoms with Crippen LogP contribution in [0.4, 0.5) is 4.39 Å². The lowest BCUT2D eigenvalue weighted by Crippen LogP contribution is -2.08. The lowest BCUT2D eigenvalue weighted by Gasteiger charge is -2.12. The molecule has 0 amide bonds. The van der Waals surface area contributed by atoms with E-state index in [1.54, 1.807) is 13.0 Å². The molecule has 0 aromatic heterocycles. The molecule has 0 unspecified atom stereocenters. The van der Waals surface area contributed by atoms with E-state index in [1.165, 1.54) is 13.2 Å². The third-order valence-corrected chi connectivity index (χ3v) is 3.33. The van der Waals surface area contributed by atoms with E-state index in [4.69, 9.17) is 9.47 Å². The summed E-state index contributed by atoms with van der Waals surface area (Å²) < 4.78 is 23.6. The number of esters is 1. The highest BCUT2D eigenvalue weighted by Gasteiger charge is 2.27. The van der Waals surface area contributed by atoms with Gasteiger partial charge in [-0.3, -0.25) is 4.79 Å². The van der Waals surface area contributed by atoms with Crippen molar-refractivity contribution in [3.8, 4) is 5.75 Å². The van der Waals surface area contributed by atoms with E-state index in [1.807, 2.05) is 0 Å². The fourth-order valence-corrected chi connectivity index (χ4v) is 2.48. The van der Waals surface area contributed by atoms with Gasteiger partial charge in [0.2, 0.25) is 0 Å². The summed E-state index contributed by atoms with van der Waals surface area (Å²) >= 11 is 0. The van der Waals surface area contributed by atoms with E-state index < -0.39 is 0 Å². The van der Waals surface area contributed by atoms with Crippen molar-refractivity contribution in [2.75, 3.05) is 13.7 Å². The van der Waals surface area contributed by atoms with Gasteiger partial charge in [0.25, 0.3) is 0 Å². The van der Waals surface area contributed by atoms with Crippen LogP contribution >= 0.6 is 0 Å². The molecule has 0 bridgehead atoms. The number of hydrogen-bond acceptors (Lipinski definition) is 3. The molecule has 0 saturated carbocycles. The Labute approximate surface area is 106 Å². The van der Waals surface area contributed by atoms with E-state index in [-0.39, 0.29) is 23.5 Å². The molecule has 3 nitrogen and oxygen atoms in total. The summed E-state index contributed by atoms with van der Waals surface area (Å²) in [6.45, 7) is 2.17. The van der Waals surface area contributed by atoms with Gasteiger partial charge < -0.3 is 9.47 Å². The van der Waals surface area contributed by atoms with Gasteiger partial charge in [0.05, 0.1) is 20.1 Å². The molecule has 1 aromatic rings. The first-order valence-electron chi connectivity index (χ1n) is 6.17. The Bertz CT molecular complexity index is 457. The van der Waals surface area contributed by atoms with Gasteiger partial charge in [-0.25, -0.2) is 4.39 Å². The first kappa shape index (κ1) is 12.9. The fourth-order valence-electron chi connectivity index (χ4n) is 2.48. The molecule has 0 saturated heterocycles. The van der Waals surface area contributed by atoms with Gasteiger partial charge in [0.1, 0.15) is 0 Å². The van der Waals surface area contributed by atoms with Gasteiger partial charge in [-0.1, -0.05) is 0 Å². The number of rotatable bonds is 4. The van der Waals surface area contributed by atoms with E-state index in [0.717, 1.165) is 24.0 Å². The van der Waals surface area contributed by atoms with E-state index >= 15 is 0 Å². The summed E-state index contributed by atoms with van der Waals surface area (Å²) in [6.07, 6.45) is 2.05. The number of ether oxygens (including phenoxy) is 2. The maximum Gasteiger partial charge on any atom is 0.306 e. The van der Waals surface area contributed by atoms with Crippen LogP contribution in [0.2, 0.25) is 0 Å². The molecule has 0 spiro atoms. The average Bonchev–Trinajstić information content (AvgIpc) is 2.71. The summed E-state index contributed by atoms with van der Waals surface area (Å²) in [5.74, 6) is -0.247. The van der Waals surface area contributed by atoms with Gasteiger partial charge in [0, 0.05) is 0 Å². The second-order valence-corrected chi connectivity index (χ2v) is 4.43. The largest absolute Gasteiger partial charge is 0.494 e. The molecule has 0 N–H and O–H groups in total. The predicted molar refractivity (Wildman–Crippen MR) is 65.3 cm³/mol. The van der Waals surface area contributed by atoms with E-state index in [0.29, 0.717) is 13.0 Å². The minimum atomic E-state index is -0.369. The van der Waals surface area contributed by atoms with Gasteiger partial charge in [-0.2, -0.15) is 0 Å². The number of carbonyl (C=O) groups excluding carboxylic acids is 1. The summed E-state index contributed by atoms with van der Waals surface area (Å²) in [6, 6.07) is 3.22. The topological polar surface area (TPSA) is 35.5 Å². The third-order valence-electron chi connectivity index (χ3n) is 3.33. The van der Waals surface area contributed by atoms with Crippen molar-refractivity contribution in [2.24, 2.45) is 0 Å². The zero-order valence-corrected chi connectivity index (χ0v) is 10.7. The van der Waals surface area contributed by atoms with Gasteiger partial charge in [-0.15, -0.1) is 0 Å². The monoisotopic (exact) mass is 252 g/mol. The van der Waals surface area contributed by atoms with Crippen LogP contribution in [0.3, 0.4) is 0 Å². The van der Waals surface area contributed by atoms with Gasteiger partial charge in [-0.05, 0) is 48.9 Å². The predicted octanol–water partition coefficient (Wildman–Crippen LogP) is 2.82. The Morgan fingerprint density at radius 1 is 1.50 bits per heavy atom. The van der Waals surface area contributed by atoms with Crippen LogP contribution in [-0.2, 0) is 16.0 Å². The minimum Gasteiger partial charge on any atom is -0.494 e. The number of aryl methyl sites for hydroxylation is 1. The van der Waals surface area contributed by atoms with E-state index in [2.05, 4.69) is 0 Å². The number of benzene rings is 1. The van der Waals surface area contributed by atoms with Crippen LogP contribution in [0.25, 0.3) is 0 Å². The summed E-state index contributed by atoms with van der Waals surface area (Å²) in [7, 11) is 1.45. The number of fused-ring (bicyclic) bond motifs is 1. The van der Waals surface area contributed by atoms with Gasteiger partial charge in [0.15, 0.2) is 11.6 Å².